The highest BCUT2D eigenvalue weighted by molar-refractivity contribution is 5.81. The van der Waals surface area contributed by atoms with Crippen LogP contribution < -0.4 is 5.69 Å². The zero-order valence-electron chi connectivity index (χ0n) is 13.7. The van der Waals surface area contributed by atoms with Crippen molar-refractivity contribution in [1.29, 1.82) is 0 Å². The molecule has 26 heavy (non-hydrogen) atoms. The van der Waals surface area contributed by atoms with E-state index in [2.05, 4.69) is 10.1 Å². The molecule has 2 aromatic heterocycles. The molecule has 2 aliphatic rings. The van der Waals surface area contributed by atoms with Crippen molar-refractivity contribution >= 4 is 5.91 Å². The average molecular weight is 367 g/mol. The maximum absolute atomic E-state index is 13.8. The van der Waals surface area contributed by atoms with E-state index in [1.807, 2.05) is 0 Å². The van der Waals surface area contributed by atoms with Crippen LogP contribution in [0, 0.1) is 11.6 Å². The summed E-state index contributed by atoms with van der Waals surface area (Å²) in [5.41, 5.74) is -0.671. The number of likely N-dealkylation sites (tertiary alicyclic amines) is 1. The number of aromatic nitrogens is 4. The molecule has 1 amide bonds. The fourth-order valence-corrected chi connectivity index (χ4v) is 3.38. The number of carbonyl (C=O) groups excluding carboxylic acids is 1. The predicted molar refractivity (Wildman–Crippen MR) is 83.2 cm³/mol. The van der Waals surface area contributed by atoms with Gasteiger partial charge in [-0.25, -0.2) is 22.6 Å². The minimum absolute atomic E-state index is 0.0399. The van der Waals surface area contributed by atoms with Crippen LogP contribution in [-0.2, 0) is 17.8 Å². The summed E-state index contributed by atoms with van der Waals surface area (Å²) in [5, 5.41) is 4.18. The molecule has 1 unspecified atom stereocenters. The van der Waals surface area contributed by atoms with Crippen molar-refractivity contribution in [3.63, 3.8) is 0 Å². The van der Waals surface area contributed by atoms with Crippen molar-refractivity contribution in [1.82, 2.24) is 24.2 Å². The first-order valence-electron chi connectivity index (χ1n) is 8.35. The van der Waals surface area contributed by atoms with Gasteiger partial charge in [0.25, 0.3) is 0 Å². The summed E-state index contributed by atoms with van der Waals surface area (Å²) < 4.78 is 42.1. The van der Waals surface area contributed by atoms with Gasteiger partial charge in [-0.2, -0.15) is 5.10 Å². The Kier molecular flexibility index (Phi) is 4.04. The van der Waals surface area contributed by atoms with Crippen molar-refractivity contribution in [3.05, 3.63) is 45.9 Å². The average Bonchev–Trinajstić information content (AvgIpc) is 2.90. The van der Waals surface area contributed by atoms with Crippen LogP contribution in [0.25, 0.3) is 0 Å². The Morgan fingerprint density at radius 2 is 2.08 bits per heavy atom. The number of hydrogen-bond donors (Lipinski definition) is 0. The Hall–Kier alpha value is -2.65. The van der Waals surface area contributed by atoms with Gasteiger partial charge in [0, 0.05) is 12.5 Å². The Bertz CT molecular complexity index is 919. The Balaban J connectivity index is 1.64. The fraction of sp³-hybridized carbons (Fsp3) is 0.500. The zero-order valence-corrected chi connectivity index (χ0v) is 13.7. The van der Waals surface area contributed by atoms with Crippen LogP contribution in [0.3, 0.4) is 0 Å². The lowest BCUT2D eigenvalue weighted by atomic mass is 10.0. The summed E-state index contributed by atoms with van der Waals surface area (Å²) >= 11 is 0. The first-order chi connectivity index (χ1) is 12.4. The molecule has 0 spiro atoms. The Morgan fingerprint density at radius 1 is 1.31 bits per heavy atom. The number of alkyl halides is 1. The number of rotatable bonds is 3. The molecular weight excluding hydrogens is 351 g/mol. The molecule has 0 saturated carbocycles. The lowest BCUT2D eigenvalue weighted by Crippen LogP contribution is -2.54. The summed E-state index contributed by atoms with van der Waals surface area (Å²) in [5.74, 6) is -1.55. The number of aryl methyl sites for hydroxylation is 1. The minimum Gasteiger partial charge on any atom is -0.335 e. The molecule has 4 heterocycles. The quantitative estimate of drug-likeness (QED) is 0.805. The standard InChI is InChI=1S/C16H16F3N5O2/c17-9-4-11(19)12(20-5-9)8-23-16(26)24-13(2-1-3-14(24)21-23)15(25)22-6-10(18)7-22/h4-5,10,13H,1-3,6-8H2. The molecule has 138 valence electrons. The van der Waals surface area contributed by atoms with Gasteiger partial charge in [-0.1, -0.05) is 0 Å². The minimum atomic E-state index is -1.02. The lowest BCUT2D eigenvalue weighted by Gasteiger charge is -2.37. The summed E-state index contributed by atoms with van der Waals surface area (Å²) in [4.78, 5) is 30.3. The Labute approximate surface area is 146 Å². The summed E-state index contributed by atoms with van der Waals surface area (Å²) in [6, 6.07) is -0.0361. The molecule has 0 aromatic carbocycles. The molecular formula is C16H16F3N5O2. The van der Waals surface area contributed by atoms with Gasteiger partial charge in [0.05, 0.1) is 31.5 Å². The fourth-order valence-electron chi connectivity index (χ4n) is 3.38. The molecule has 2 aliphatic heterocycles. The van der Waals surface area contributed by atoms with Gasteiger partial charge in [0.15, 0.2) is 0 Å². The highest BCUT2D eigenvalue weighted by atomic mass is 19.1. The van der Waals surface area contributed by atoms with E-state index in [9.17, 15) is 22.8 Å². The molecule has 1 fully saturated rings. The van der Waals surface area contributed by atoms with Crippen molar-refractivity contribution in [2.75, 3.05) is 13.1 Å². The first kappa shape index (κ1) is 16.8. The maximum atomic E-state index is 13.8. The van der Waals surface area contributed by atoms with Gasteiger partial charge in [-0.05, 0) is 12.8 Å². The van der Waals surface area contributed by atoms with E-state index in [1.165, 1.54) is 9.47 Å². The third-order valence-electron chi connectivity index (χ3n) is 4.75. The van der Waals surface area contributed by atoms with Gasteiger partial charge < -0.3 is 4.90 Å². The molecule has 0 bridgehead atoms. The lowest BCUT2D eigenvalue weighted by molar-refractivity contribution is -0.142. The third kappa shape index (κ3) is 2.78. The first-order valence-corrected chi connectivity index (χ1v) is 8.35. The number of hydrogen-bond acceptors (Lipinski definition) is 4. The van der Waals surface area contributed by atoms with Crippen LogP contribution in [0.15, 0.2) is 17.1 Å². The molecule has 0 aliphatic carbocycles. The van der Waals surface area contributed by atoms with E-state index < -0.39 is 29.5 Å². The van der Waals surface area contributed by atoms with Crippen LogP contribution in [0.5, 0.6) is 0 Å². The van der Waals surface area contributed by atoms with Gasteiger partial charge in [0.1, 0.15) is 29.7 Å². The smallest absolute Gasteiger partial charge is 0.335 e. The molecule has 7 nitrogen and oxygen atoms in total. The Morgan fingerprint density at radius 3 is 2.77 bits per heavy atom. The van der Waals surface area contributed by atoms with Crippen LogP contribution in [0.2, 0.25) is 0 Å². The molecule has 2 aromatic rings. The van der Waals surface area contributed by atoms with E-state index in [1.54, 1.807) is 0 Å². The molecule has 1 atom stereocenters. The monoisotopic (exact) mass is 367 g/mol. The SMILES string of the molecule is O=C(C1CCCc2nn(Cc3ncc(F)cc3F)c(=O)n21)N1CC(F)C1. The van der Waals surface area contributed by atoms with Crippen molar-refractivity contribution in [2.24, 2.45) is 0 Å². The molecule has 0 N–H and O–H groups in total. The van der Waals surface area contributed by atoms with Crippen LogP contribution >= 0.6 is 0 Å². The number of amides is 1. The van der Waals surface area contributed by atoms with Crippen molar-refractivity contribution in [2.45, 2.75) is 38.0 Å². The van der Waals surface area contributed by atoms with Crippen LogP contribution in [0.4, 0.5) is 13.2 Å². The van der Waals surface area contributed by atoms with E-state index in [0.29, 0.717) is 31.2 Å². The van der Waals surface area contributed by atoms with E-state index >= 15 is 0 Å². The predicted octanol–water partition coefficient (Wildman–Crippen LogP) is 0.824. The summed E-state index contributed by atoms with van der Waals surface area (Å²) in [7, 11) is 0. The number of carbonyl (C=O) groups is 1. The summed E-state index contributed by atoms with van der Waals surface area (Å²) in [6.07, 6.45) is 1.49. The largest absolute Gasteiger partial charge is 0.347 e. The second-order valence-electron chi connectivity index (χ2n) is 6.56. The highest BCUT2D eigenvalue weighted by Crippen LogP contribution is 2.26. The zero-order chi connectivity index (χ0) is 18.4. The van der Waals surface area contributed by atoms with Crippen LogP contribution in [0.1, 0.15) is 30.4 Å². The topological polar surface area (TPSA) is 73.0 Å². The summed E-state index contributed by atoms with van der Waals surface area (Å²) in [6.45, 7) is -0.182. The van der Waals surface area contributed by atoms with Gasteiger partial charge >= 0.3 is 5.69 Å². The van der Waals surface area contributed by atoms with E-state index in [-0.39, 0.29) is 31.2 Å². The third-order valence-corrected chi connectivity index (χ3v) is 4.75. The molecule has 4 rings (SSSR count). The molecule has 10 heteroatoms. The van der Waals surface area contributed by atoms with Gasteiger partial charge in [-0.15, -0.1) is 0 Å². The van der Waals surface area contributed by atoms with Gasteiger partial charge in [0.2, 0.25) is 5.91 Å². The highest BCUT2D eigenvalue weighted by Gasteiger charge is 2.38. The number of fused-ring (bicyclic) bond motifs is 1. The second kappa shape index (κ2) is 6.26. The molecule has 0 radical (unpaired) electrons. The van der Waals surface area contributed by atoms with Crippen LogP contribution in [-0.4, -0.2) is 49.4 Å². The van der Waals surface area contributed by atoms with Gasteiger partial charge in [-0.3, -0.25) is 14.3 Å². The van der Waals surface area contributed by atoms with E-state index in [4.69, 9.17) is 0 Å². The number of halogens is 3. The number of nitrogens with zero attached hydrogens (tertiary/aromatic N) is 5. The number of pyridine rings is 1. The van der Waals surface area contributed by atoms with E-state index in [0.717, 1.165) is 10.9 Å². The maximum Gasteiger partial charge on any atom is 0.347 e. The normalized spacial score (nSPS) is 20.0. The molecule has 1 saturated heterocycles. The van der Waals surface area contributed by atoms with Crippen molar-refractivity contribution in [3.8, 4) is 0 Å². The van der Waals surface area contributed by atoms with Crippen molar-refractivity contribution < 1.29 is 18.0 Å². The second-order valence-corrected chi connectivity index (χ2v) is 6.56.